The highest BCUT2D eigenvalue weighted by Crippen LogP contribution is 2.32. The van der Waals surface area contributed by atoms with Crippen LogP contribution >= 0.6 is 23.1 Å². The second-order valence-electron chi connectivity index (χ2n) is 6.88. The van der Waals surface area contributed by atoms with Crippen molar-refractivity contribution in [1.82, 2.24) is 10.2 Å². The van der Waals surface area contributed by atoms with Gasteiger partial charge in [-0.1, -0.05) is 61.2 Å². The summed E-state index contributed by atoms with van der Waals surface area (Å²) in [5.41, 5.74) is 2.91. The third-order valence-corrected chi connectivity index (χ3v) is 6.76. The zero-order chi connectivity index (χ0) is 21.5. The molecule has 0 aliphatic rings. The molecule has 2 N–H and O–H groups in total. The fourth-order valence-corrected chi connectivity index (χ4v) is 4.75. The number of anilines is 3. The van der Waals surface area contributed by atoms with Crippen molar-refractivity contribution in [3.63, 3.8) is 0 Å². The van der Waals surface area contributed by atoms with Crippen LogP contribution in [0.25, 0.3) is 0 Å². The Balaban J connectivity index is 1.61. The summed E-state index contributed by atoms with van der Waals surface area (Å²) >= 11 is 2.81. The number of para-hydroxylation sites is 1. The molecule has 0 aliphatic heterocycles. The van der Waals surface area contributed by atoms with Gasteiger partial charge in [0.1, 0.15) is 5.75 Å². The van der Waals surface area contributed by atoms with Gasteiger partial charge in [-0.2, -0.15) is 0 Å². The van der Waals surface area contributed by atoms with E-state index in [1.54, 1.807) is 7.11 Å². The van der Waals surface area contributed by atoms with Gasteiger partial charge in [0.05, 0.1) is 12.4 Å². The van der Waals surface area contributed by atoms with Crippen molar-refractivity contribution in [2.75, 3.05) is 17.7 Å². The molecule has 2 aromatic carbocycles. The average Bonchev–Trinajstić information content (AvgIpc) is 3.20. The first kappa shape index (κ1) is 22.1. The lowest BCUT2D eigenvalue weighted by Crippen LogP contribution is -2.23. The molecule has 1 amide bonds. The van der Waals surface area contributed by atoms with Gasteiger partial charge in [-0.05, 0) is 43.0 Å². The van der Waals surface area contributed by atoms with Crippen molar-refractivity contribution in [2.24, 2.45) is 0 Å². The van der Waals surface area contributed by atoms with E-state index in [1.807, 2.05) is 49.4 Å². The van der Waals surface area contributed by atoms with E-state index in [9.17, 15) is 4.79 Å². The summed E-state index contributed by atoms with van der Waals surface area (Å²) in [6.45, 7) is 6.19. The highest BCUT2D eigenvalue weighted by Gasteiger charge is 2.19. The molecule has 3 aromatic rings. The molecule has 0 radical (unpaired) electrons. The van der Waals surface area contributed by atoms with E-state index < -0.39 is 0 Å². The Labute approximate surface area is 185 Å². The second-order valence-corrected chi connectivity index (χ2v) is 9.44. The molecule has 158 valence electrons. The number of carbonyl (C=O) groups excluding carboxylic acids is 1. The van der Waals surface area contributed by atoms with Crippen molar-refractivity contribution in [3.8, 4) is 5.75 Å². The minimum Gasteiger partial charge on any atom is -0.497 e. The maximum Gasteiger partial charge on any atom is 0.237 e. The number of thioether (sulfide) groups is 1. The third kappa shape index (κ3) is 5.73. The quantitative estimate of drug-likeness (QED) is 0.400. The number of carbonyl (C=O) groups is 1. The van der Waals surface area contributed by atoms with E-state index >= 15 is 0 Å². The molecule has 30 heavy (non-hydrogen) atoms. The number of amides is 1. The maximum atomic E-state index is 12.7. The molecule has 0 saturated carbocycles. The topological polar surface area (TPSA) is 76.1 Å². The number of benzene rings is 2. The molecule has 8 heteroatoms. The Morgan fingerprint density at radius 1 is 1.17 bits per heavy atom. The van der Waals surface area contributed by atoms with Crippen LogP contribution in [0.4, 0.5) is 16.5 Å². The first-order valence-electron chi connectivity index (χ1n) is 9.81. The van der Waals surface area contributed by atoms with Crippen LogP contribution in [-0.2, 0) is 4.79 Å². The zero-order valence-electron chi connectivity index (χ0n) is 17.5. The smallest absolute Gasteiger partial charge is 0.237 e. The number of methoxy groups -OCH3 is 1. The summed E-state index contributed by atoms with van der Waals surface area (Å²) in [5, 5.41) is 15.0. The molecular formula is C22H26N4O2S2. The molecule has 1 aromatic heterocycles. The third-order valence-electron chi connectivity index (χ3n) is 4.74. The van der Waals surface area contributed by atoms with E-state index in [0.29, 0.717) is 11.0 Å². The Bertz CT molecular complexity index is 993. The first-order valence-corrected chi connectivity index (χ1v) is 11.5. The lowest BCUT2D eigenvalue weighted by atomic mass is 9.97. The minimum atomic E-state index is -0.299. The Hall–Kier alpha value is -2.58. The molecule has 1 heterocycles. The van der Waals surface area contributed by atoms with Crippen LogP contribution in [0.2, 0.25) is 0 Å². The SMILES string of the molecule is CCC(C)c1ccccc1NC(=O)C(C)Sc1nnc(Nc2cccc(OC)c2)s1. The Morgan fingerprint density at radius 2 is 1.97 bits per heavy atom. The fraction of sp³-hybridized carbons (Fsp3) is 0.318. The molecule has 0 saturated heterocycles. The number of hydrogen-bond acceptors (Lipinski definition) is 7. The fourth-order valence-electron chi connectivity index (χ4n) is 2.83. The van der Waals surface area contributed by atoms with Gasteiger partial charge in [-0.25, -0.2) is 0 Å². The first-order chi connectivity index (χ1) is 14.5. The number of hydrogen-bond donors (Lipinski definition) is 2. The molecule has 6 nitrogen and oxygen atoms in total. The Morgan fingerprint density at radius 3 is 2.73 bits per heavy atom. The van der Waals surface area contributed by atoms with Gasteiger partial charge in [0.25, 0.3) is 0 Å². The van der Waals surface area contributed by atoms with Crippen molar-refractivity contribution in [2.45, 2.75) is 42.7 Å². The summed E-state index contributed by atoms with van der Waals surface area (Å²) in [6.07, 6.45) is 1.02. The summed E-state index contributed by atoms with van der Waals surface area (Å²) in [5.74, 6) is 1.10. The molecule has 0 spiro atoms. The number of nitrogens with zero attached hydrogens (tertiary/aromatic N) is 2. The molecule has 0 fully saturated rings. The standard InChI is InChI=1S/C22H26N4O2S2/c1-5-14(2)18-11-6-7-12-19(18)24-20(27)15(3)29-22-26-25-21(30-22)23-16-9-8-10-17(13-16)28-4/h6-15H,5H2,1-4H3,(H,23,25)(H,24,27). The van der Waals surface area contributed by atoms with E-state index in [1.165, 1.54) is 23.1 Å². The van der Waals surface area contributed by atoms with Crippen LogP contribution in [0.3, 0.4) is 0 Å². The highest BCUT2D eigenvalue weighted by atomic mass is 32.2. The summed E-state index contributed by atoms with van der Waals surface area (Å²) in [6, 6.07) is 15.6. The maximum absolute atomic E-state index is 12.7. The molecular weight excluding hydrogens is 416 g/mol. The van der Waals surface area contributed by atoms with Gasteiger partial charge in [0.15, 0.2) is 4.34 Å². The van der Waals surface area contributed by atoms with Crippen LogP contribution in [0.5, 0.6) is 5.75 Å². The summed E-state index contributed by atoms with van der Waals surface area (Å²) < 4.78 is 5.97. The lowest BCUT2D eigenvalue weighted by molar-refractivity contribution is -0.115. The molecule has 2 atom stereocenters. The average molecular weight is 443 g/mol. The van der Waals surface area contributed by atoms with Crippen LogP contribution in [0.1, 0.15) is 38.7 Å². The molecule has 3 rings (SSSR count). The van der Waals surface area contributed by atoms with Gasteiger partial charge < -0.3 is 15.4 Å². The minimum absolute atomic E-state index is 0.0479. The molecule has 0 bridgehead atoms. The van der Waals surface area contributed by atoms with E-state index in [4.69, 9.17) is 4.74 Å². The van der Waals surface area contributed by atoms with Crippen molar-refractivity contribution in [1.29, 1.82) is 0 Å². The Kier molecular flexibility index (Phi) is 7.70. The zero-order valence-corrected chi connectivity index (χ0v) is 19.1. The normalized spacial score (nSPS) is 12.8. The lowest BCUT2D eigenvalue weighted by Gasteiger charge is -2.17. The second kappa shape index (κ2) is 10.4. The van der Waals surface area contributed by atoms with Gasteiger partial charge in [-0.3, -0.25) is 4.79 Å². The molecule has 0 aliphatic carbocycles. The number of ether oxygens (including phenoxy) is 1. The number of nitrogens with one attached hydrogen (secondary N) is 2. The van der Waals surface area contributed by atoms with E-state index in [-0.39, 0.29) is 11.2 Å². The van der Waals surface area contributed by atoms with Crippen LogP contribution in [-0.4, -0.2) is 28.5 Å². The van der Waals surface area contributed by atoms with Crippen LogP contribution < -0.4 is 15.4 Å². The number of rotatable bonds is 9. The van der Waals surface area contributed by atoms with Crippen LogP contribution in [0.15, 0.2) is 52.9 Å². The van der Waals surface area contributed by atoms with E-state index in [0.717, 1.165) is 33.4 Å². The summed E-state index contributed by atoms with van der Waals surface area (Å²) in [7, 11) is 1.63. The highest BCUT2D eigenvalue weighted by molar-refractivity contribution is 8.02. The van der Waals surface area contributed by atoms with Crippen molar-refractivity contribution in [3.05, 3.63) is 54.1 Å². The van der Waals surface area contributed by atoms with Gasteiger partial charge >= 0.3 is 0 Å². The van der Waals surface area contributed by atoms with Crippen molar-refractivity contribution >= 4 is 45.5 Å². The van der Waals surface area contributed by atoms with Crippen LogP contribution in [0, 0.1) is 0 Å². The summed E-state index contributed by atoms with van der Waals surface area (Å²) in [4.78, 5) is 12.7. The monoisotopic (exact) mass is 442 g/mol. The van der Waals surface area contributed by atoms with E-state index in [2.05, 4.69) is 40.7 Å². The largest absolute Gasteiger partial charge is 0.497 e. The predicted octanol–water partition coefficient (Wildman–Crippen LogP) is 5.92. The molecule has 2 unspecified atom stereocenters. The van der Waals surface area contributed by atoms with Gasteiger partial charge in [-0.15, -0.1) is 10.2 Å². The van der Waals surface area contributed by atoms with Crippen molar-refractivity contribution < 1.29 is 9.53 Å². The van der Waals surface area contributed by atoms with Gasteiger partial charge in [0.2, 0.25) is 11.0 Å². The predicted molar refractivity (Wildman–Crippen MR) is 125 cm³/mol. The van der Waals surface area contributed by atoms with Gasteiger partial charge in [0, 0.05) is 17.4 Å². The number of aromatic nitrogens is 2.